The highest BCUT2D eigenvalue weighted by molar-refractivity contribution is 5.93. The van der Waals surface area contributed by atoms with Crippen molar-refractivity contribution in [3.8, 4) is 11.1 Å². The van der Waals surface area contributed by atoms with E-state index in [2.05, 4.69) is 22.8 Å². The Morgan fingerprint density at radius 1 is 0.875 bits per heavy atom. The number of ether oxygens (including phenoxy) is 2. The van der Waals surface area contributed by atoms with Crippen molar-refractivity contribution in [1.82, 2.24) is 15.5 Å². The molecule has 3 amide bonds. The molecule has 2 aliphatic rings. The minimum atomic E-state index is -0.959. The lowest BCUT2D eigenvalue weighted by atomic mass is 9.97. The molecule has 2 N–H and O–H groups in total. The van der Waals surface area contributed by atoms with Crippen LogP contribution in [0.2, 0.25) is 0 Å². The third-order valence-electron chi connectivity index (χ3n) is 9.22. The van der Waals surface area contributed by atoms with Gasteiger partial charge in [0.25, 0.3) is 0 Å². The molecule has 3 aromatic carbocycles. The van der Waals surface area contributed by atoms with Crippen LogP contribution in [0, 0.1) is 5.92 Å². The molecule has 9 nitrogen and oxygen atoms in total. The minimum Gasteiger partial charge on any atom is -0.458 e. The number of hydrogen-bond donors (Lipinski definition) is 2. The monoisotopic (exact) mass is 653 g/mol. The number of carbonyl (C=O) groups excluding carboxylic acids is 4. The third-order valence-corrected chi connectivity index (χ3v) is 9.22. The Balaban J connectivity index is 1.30. The van der Waals surface area contributed by atoms with Crippen LogP contribution in [0.3, 0.4) is 0 Å². The summed E-state index contributed by atoms with van der Waals surface area (Å²) in [5, 5.41) is 5.74. The number of likely N-dealkylation sites (tertiary alicyclic amines) is 1. The lowest BCUT2D eigenvalue weighted by Crippen LogP contribution is -2.58. The molecule has 0 radical (unpaired) electrons. The fourth-order valence-corrected chi connectivity index (χ4v) is 6.63. The van der Waals surface area contributed by atoms with Gasteiger partial charge in [0.2, 0.25) is 11.8 Å². The first-order chi connectivity index (χ1) is 23.0. The number of benzene rings is 3. The molecule has 0 saturated carbocycles. The molecule has 0 bridgehead atoms. The van der Waals surface area contributed by atoms with Crippen LogP contribution in [-0.2, 0) is 30.3 Å². The van der Waals surface area contributed by atoms with Gasteiger partial charge in [0.1, 0.15) is 30.3 Å². The summed E-state index contributed by atoms with van der Waals surface area (Å²) in [5.41, 5.74) is 4.60. The Morgan fingerprint density at radius 3 is 2.08 bits per heavy atom. The van der Waals surface area contributed by atoms with Gasteiger partial charge in [-0.2, -0.15) is 0 Å². The van der Waals surface area contributed by atoms with Crippen LogP contribution in [0.25, 0.3) is 11.1 Å². The smallest absolute Gasteiger partial charge is 0.407 e. The molecule has 5 rings (SSSR count). The number of alkyl carbamates (subject to hydrolysis) is 1. The zero-order chi connectivity index (χ0) is 34.4. The summed E-state index contributed by atoms with van der Waals surface area (Å²) in [6.07, 6.45) is 1.27. The van der Waals surface area contributed by atoms with Crippen molar-refractivity contribution < 1.29 is 28.7 Å². The largest absolute Gasteiger partial charge is 0.458 e. The van der Waals surface area contributed by atoms with Crippen molar-refractivity contribution in [2.24, 2.45) is 5.92 Å². The number of nitrogens with one attached hydrogen (secondary N) is 2. The van der Waals surface area contributed by atoms with E-state index in [1.807, 2.05) is 80.6 Å². The van der Waals surface area contributed by atoms with Gasteiger partial charge in [-0.25, -0.2) is 9.59 Å². The molecule has 1 heterocycles. The van der Waals surface area contributed by atoms with Crippen molar-refractivity contribution in [2.75, 3.05) is 13.2 Å². The summed E-state index contributed by atoms with van der Waals surface area (Å²) in [5.74, 6) is -1.66. The fraction of sp³-hybridized carbons (Fsp3) is 0.436. The van der Waals surface area contributed by atoms with Gasteiger partial charge in [0.15, 0.2) is 0 Å². The summed E-state index contributed by atoms with van der Waals surface area (Å²) < 4.78 is 11.4. The summed E-state index contributed by atoms with van der Waals surface area (Å²) in [4.78, 5) is 55.9. The molecule has 4 atom stereocenters. The standard InChI is InChI=1S/C39H47N3O6/c1-6-25(2)34(41-38(46)47-24-31-29-19-12-10-17-27(29)28-18-11-13-20-30(28)31)35(43)40-32(23-26-15-8-7-9-16-26)36(44)42-22-14-21-33(42)37(45)48-39(3,4)5/h7-13,15-20,25,31-34H,6,14,21-24H2,1-5H3,(H,40,43)(H,41,46)/t25-,32-,33-,34-/m0/s1. The molecule has 0 aromatic heterocycles. The molecule has 9 heteroatoms. The van der Waals surface area contributed by atoms with Crippen molar-refractivity contribution in [3.05, 3.63) is 95.6 Å². The molecule has 1 fully saturated rings. The maximum Gasteiger partial charge on any atom is 0.407 e. The molecular formula is C39H47N3O6. The van der Waals surface area contributed by atoms with Crippen LogP contribution in [0.4, 0.5) is 4.79 Å². The fourth-order valence-electron chi connectivity index (χ4n) is 6.63. The Morgan fingerprint density at radius 2 is 1.48 bits per heavy atom. The third kappa shape index (κ3) is 8.06. The van der Waals surface area contributed by atoms with Crippen LogP contribution >= 0.6 is 0 Å². The molecular weight excluding hydrogens is 606 g/mol. The van der Waals surface area contributed by atoms with Crippen molar-refractivity contribution >= 4 is 23.9 Å². The maximum atomic E-state index is 14.1. The van der Waals surface area contributed by atoms with E-state index in [-0.39, 0.29) is 30.8 Å². The van der Waals surface area contributed by atoms with E-state index in [9.17, 15) is 19.2 Å². The molecule has 1 saturated heterocycles. The summed E-state index contributed by atoms with van der Waals surface area (Å²) in [7, 11) is 0. The highest BCUT2D eigenvalue weighted by Crippen LogP contribution is 2.44. The molecule has 0 spiro atoms. The Labute approximate surface area is 283 Å². The van der Waals surface area contributed by atoms with E-state index < -0.39 is 41.7 Å². The van der Waals surface area contributed by atoms with Crippen LogP contribution in [0.5, 0.6) is 0 Å². The summed E-state index contributed by atoms with van der Waals surface area (Å²) in [6.45, 7) is 9.70. The molecule has 0 unspecified atom stereocenters. The first-order valence-corrected chi connectivity index (χ1v) is 17.0. The van der Waals surface area contributed by atoms with Crippen molar-refractivity contribution in [3.63, 3.8) is 0 Å². The van der Waals surface area contributed by atoms with Crippen LogP contribution in [0.15, 0.2) is 78.9 Å². The zero-order valence-corrected chi connectivity index (χ0v) is 28.5. The normalized spacial score (nSPS) is 17.4. The Kier molecular flexibility index (Phi) is 10.9. The predicted molar refractivity (Wildman–Crippen MR) is 184 cm³/mol. The van der Waals surface area contributed by atoms with E-state index in [4.69, 9.17) is 9.47 Å². The summed E-state index contributed by atoms with van der Waals surface area (Å²) >= 11 is 0. The van der Waals surface area contributed by atoms with E-state index in [0.717, 1.165) is 27.8 Å². The van der Waals surface area contributed by atoms with Gasteiger partial charge in [-0.05, 0) is 67.3 Å². The van der Waals surface area contributed by atoms with E-state index in [1.54, 1.807) is 20.8 Å². The van der Waals surface area contributed by atoms with Gasteiger partial charge < -0.3 is 25.0 Å². The second-order valence-corrected chi connectivity index (χ2v) is 13.8. The number of rotatable bonds is 11. The Bertz CT molecular complexity index is 1570. The highest BCUT2D eigenvalue weighted by Gasteiger charge is 2.41. The van der Waals surface area contributed by atoms with Gasteiger partial charge in [-0.1, -0.05) is 99.1 Å². The van der Waals surface area contributed by atoms with E-state index >= 15 is 0 Å². The quantitative estimate of drug-likeness (QED) is 0.246. The van der Waals surface area contributed by atoms with Gasteiger partial charge in [0, 0.05) is 18.9 Å². The number of amides is 3. The first-order valence-electron chi connectivity index (χ1n) is 17.0. The van der Waals surface area contributed by atoms with Gasteiger partial charge in [-0.15, -0.1) is 0 Å². The number of nitrogens with zero attached hydrogens (tertiary/aromatic N) is 1. The average Bonchev–Trinajstić information content (AvgIpc) is 3.68. The first kappa shape index (κ1) is 34.7. The second-order valence-electron chi connectivity index (χ2n) is 13.8. The van der Waals surface area contributed by atoms with Crippen LogP contribution in [-0.4, -0.2) is 65.7 Å². The molecule has 1 aliphatic carbocycles. The maximum absolute atomic E-state index is 14.1. The zero-order valence-electron chi connectivity index (χ0n) is 28.5. The molecule has 1 aliphatic heterocycles. The minimum absolute atomic E-state index is 0.116. The predicted octanol–water partition coefficient (Wildman–Crippen LogP) is 6.00. The lowest BCUT2D eigenvalue weighted by Gasteiger charge is -2.31. The second kappa shape index (κ2) is 15.0. The summed E-state index contributed by atoms with van der Waals surface area (Å²) in [6, 6.07) is 23.0. The van der Waals surface area contributed by atoms with Gasteiger partial charge >= 0.3 is 12.1 Å². The Hall–Kier alpha value is -4.66. The number of hydrogen-bond acceptors (Lipinski definition) is 6. The molecule has 48 heavy (non-hydrogen) atoms. The van der Waals surface area contributed by atoms with E-state index in [0.29, 0.717) is 25.8 Å². The van der Waals surface area contributed by atoms with Crippen LogP contribution < -0.4 is 10.6 Å². The van der Waals surface area contributed by atoms with Crippen LogP contribution in [0.1, 0.15) is 76.5 Å². The van der Waals surface area contributed by atoms with E-state index in [1.165, 1.54) is 4.90 Å². The molecule has 254 valence electrons. The van der Waals surface area contributed by atoms with Crippen molar-refractivity contribution in [2.45, 2.75) is 89.9 Å². The lowest BCUT2D eigenvalue weighted by molar-refractivity contribution is -0.163. The number of esters is 1. The van der Waals surface area contributed by atoms with Gasteiger partial charge in [0.05, 0.1) is 0 Å². The van der Waals surface area contributed by atoms with Crippen molar-refractivity contribution in [1.29, 1.82) is 0 Å². The number of carbonyl (C=O) groups is 4. The SMILES string of the molecule is CC[C@H](C)[C@H](NC(=O)OCC1c2ccccc2-c2ccccc21)C(=O)N[C@@H](Cc1ccccc1)C(=O)N1CCC[C@H]1C(=O)OC(C)(C)C. The molecule has 3 aromatic rings. The highest BCUT2D eigenvalue weighted by atomic mass is 16.6. The van der Waals surface area contributed by atoms with Gasteiger partial charge in [-0.3, -0.25) is 9.59 Å². The topological polar surface area (TPSA) is 114 Å². The average molecular weight is 654 g/mol. The number of fused-ring (bicyclic) bond motifs is 3.